The Kier molecular flexibility index (Phi) is 4.21. The number of carbonyl (C=O) groups excluding carboxylic acids is 1. The van der Waals surface area contributed by atoms with Crippen LogP contribution < -0.4 is 11.1 Å². The van der Waals surface area contributed by atoms with Crippen LogP contribution in [-0.4, -0.2) is 10.8 Å². The highest BCUT2D eigenvalue weighted by molar-refractivity contribution is 7.07. The van der Waals surface area contributed by atoms with E-state index in [0.29, 0.717) is 6.54 Å². The SMILES string of the molecule is Nc1c(Cl)cc([N+](=O)[O-])cc1C(=O)NCc1ccsc1. The van der Waals surface area contributed by atoms with E-state index in [1.54, 1.807) is 0 Å². The fraction of sp³-hybridized carbons (Fsp3) is 0.0833. The quantitative estimate of drug-likeness (QED) is 0.515. The van der Waals surface area contributed by atoms with Crippen molar-refractivity contribution >= 4 is 40.2 Å². The molecule has 0 spiro atoms. The van der Waals surface area contributed by atoms with Crippen molar-refractivity contribution in [3.05, 3.63) is 55.2 Å². The number of non-ortho nitro benzene ring substituents is 1. The highest BCUT2D eigenvalue weighted by Gasteiger charge is 2.18. The third kappa shape index (κ3) is 3.06. The van der Waals surface area contributed by atoms with Crippen LogP contribution in [0.3, 0.4) is 0 Å². The Labute approximate surface area is 123 Å². The number of thiophene rings is 1. The summed E-state index contributed by atoms with van der Waals surface area (Å²) in [5.41, 5.74) is 6.39. The van der Waals surface area contributed by atoms with E-state index < -0.39 is 10.8 Å². The molecule has 6 nitrogen and oxygen atoms in total. The first-order chi connectivity index (χ1) is 9.49. The number of nitro benzene ring substituents is 1. The van der Waals surface area contributed by atoms with Crippen molar-refractivity contribution in [2.75, 3.05) is 5.73 Å². The lowest BCUT2D eigenvalue weighted by molar-refractivity contribution is -0.384. The molecule has 0 bridgehead atoms. The number of nitrogens with zero attached hydrogens (tertiary/aromatic N) is 1. The monoisotopic (exact) mass is 311 g/mol. The number of amides is 1. The fourth-order valence-electron chi connectivity index (χ4n) is 1.57. The minimum absolute atomic E-state index is 0.000528. The smallest absolute Gasteiger partial charge is 0.271 e. The molecule has 3 N–H and O–H groups in total. The molecule has 0 saturated heterocycles. The summed E-state index contributed by atoms with van der Waals surface area (Å²) in [6, 6.07) is 4.10. The maximum Gasteiger partial charge on any atom is 0.271 e. The van der Waals surface area contributed by atoms with E-state index in [2.05, 4.69) is 5.32 Å². The molecule has 2 rings (SSSR count). The molecule has 0 unspecified atom stereocenters. The van der Waals surface area contributed by atoms with Gasteiger partial charge in [-0.25, -0.2) is 0 Å². The topological polar surface area (TPSA) is 98.3 Å². The van der Waals surface area contributed by atoms with Crippen LogP contribution in [0.5, 0.6) is 0 Å². The van der Waals surface area contributed by atoms with Crippen LogP contribution in [0.2, 0.25) is 5.02 Å². The Balaban J connectivity index is 2.22. The summed E-state index contributed by atoms with van der Waals surface area (Å²) in [5, 5.41) is 17.2. The number of rotatable bonds is 4. The van der Waals surface area contributed by atoms with Crippen molar-refractivity contribution in [2.45, 2.75) is 6.54 Å². The van der Waals surface area contributed by atoms with Gasteiger partial charge in [0.2, 0.25) is 0 Å². The summed E-state index contributed by atoms with van der Waals surface area (Å²) >= 11 is 7.31. The van der Waals surface area contributed by atoms with Crippen LogP contribution in [0, 0.1) is 10.1 Å². The first-order valence-electron chi connectivity index (χ1n) is 5.51. The lowest BCUT2D eigenvalue weighted by atomic mass is 10.1. The third-order valence-electron chi connectivity index (χ3n) is 2.60. The first-order valence-corrected chi connectivity index (χ1v) is 6.84. The minimum atomic E-state index is -0.624. The normalized spacial score (nSPS) is 10.2. The second-order valence-electron chi connectivity index (χ2n) is 3.96. The number of halogens is 1. The molecule has 0 radical (unpaired) electrons. The van der Waals surface area contributed by atoms with Crippen LogP contribution in [0.1, 0.15) is 15.9 Å². The molecule has 104 valence electrons. The summed E-state index contributed by atoms with van der Waals surface area (Å²) in [4.78, 5) is 22.2. The van der Waals surface area contributed by atoms with Gasteiger partial charge in [-0.3, -0.25) is 14.9 Å². The summed E-state index contributed by atoms with van der Waals surface area (Å²) in [6.07, 6.45) is 0. The first kappa shape index (κ1) is 14.3. The van der Waals surface area contributed by atoms with E-state index in [1.807, 2.05) is 16.8 Å². The van der Waals surface area contributed by atoms with Gasteiger partial charge in [0.15, 0.2) is 0 Å². The number of nitro groups is 1. The summed E-state index contributed by atoms with van der Waals surface area (Å²) in [6.45, 7) is 0.322. The minimum Gasteiger partial charge on any atom is -0.397 e. The van der Waals surface area contributed by atoms with Crippen LogP contribution in [0.4, 0.5) is 11.4 Å². The van der Waals surface area contributed by atoms with Gasteiger partial charge in [0.1, 0.15) is 0 Å². The zero-order chi connectivity index (χ0) is 14.7. The Morgan fingerprint density at radius 1 is 1.50 bits per heavy atom. The Morgan fingerprint density at radius 3 is 2.85 bits per heavy atom. The molecule has 0 atom stereocenters. The van der Waals surface area contributed by atoms with Gasteiger partial charge in [-0.15, -0.1) is 0 Å². The van der Waals surface area contributed by atoms with Crippen LogP contribution in [0.25, 0.3) is 0 Å². The van der Waals surface area contributed by atoms with Crippen LogP contribution in [-0.2, 0) is 6.54 Å². The van der Waals surface area contributed by atoms with Crippen LogP contribution in [0.15, 0.2) is 29.0 Å². The van der Waals surface area contributed by atoms with E-state index in [1.165, 1.54) is 11.3 Å². The van der Waals surface area contributed by atoms with Gasteiger partial charge < -0.3 is 11.1 Å². The molecule has 0 aliphatic carbocycles. The molecule has 0 fully saturated rings. The number of nitrogens with two attached hydrogens (primary N) is 1. The van der Waals surface area contributed by atoms with Crippen molar-refractivity contribution in [1.29, 1.82) is 0 Å². The van der Waals surface area contributed by atoms with Gasteiger partial charge >= 0.3 is 0 Å². The summed E-state index contributed by atoms with van der Waals surface area (Å²) in [7, 11) is 0. The number of hydrogen-bond donors (Lipinski definition) is 2. The predicted molar refractivity (Wildman–Crippen MR) is 78.0 cm³/mol. The van der Waals surface area contributed by atoms with E-state index >= 15 is 0 Å². The average Bonchev–Trinajstić information content (AvgIpc) is 2.92. The maximum absolute atomic E-state index is 12.0. The van der Waals surface area contributed by atoms with Gasteiger partial charge in [0.05, 0.1) is 21.2 Å². The molecule has 1 aromatic carbocycles. The lowest BCUT2D eigenvalue weighted by Crippen LogP contribution is -2.23. The van der Waals surface area contributed by atoms with Crippen LogP contribution >= 0.6 is 22.9 Å². The molecule has 0 aliphatic rings. The Bertz CT molecular complexity index is 658. The number of anilines is 1. The van der Waals surface area contributed by atoms with E-state index in [0.717, 1.165) is 17.7 Å². The number of nitrogens with one attached hydrogen (secondary N) is 1. The molecule has 1 heterocycles. The van der Waals surface area contributed by atoms with Gasteiger partial charge in [0, 0.05) is 18.7 Å². The number of hydrogen-bond acceptors (Lipinski definition) is 5. The number of carbonyl (C=O) groups is 1. The Morgan fingerprint density at radius 2 is 2.25 bits per heavy atom. The molecule has 8 heteroatoms. The highest BCUT2D eigenvalue weighted by atomic mass is 35.5. The van der Waals surface area contributed by atoms with Crippen molar-refractivity contribution in [1.82, 2.24) is 5.32 Å². The summed E-state index contributed by atoms with van der Waals surface area (Å²) < 4.78 is 0. The molecular formula is C12H10ClN3O3S. The molecule has 0 saturated carbocycles. The third-order valence-corrected chi connectivity index (χ3v) is 3.65. The second-order valence-corrected chi connectivity index (χ2v) is 5.15. The molecule has 0 aliphatic heterocycles. The van der Waals surface area contributed by atoms with Gasteiger partial charge in [0.25, 0.3) is 11.6 Å². The van der Waals surface area contributed by atoms with Crippen molar-refractivity contribution in [2.24, 2.45) is 0 Å². The van der Waals surface area contributed by atoms with E-state index in [-0.39, 0.29) is 22.0 Å². The predicted octanol–water partition coefficient (Wildman–Crippen LogP) is 2.82. The van der Waals surface area contributed by atoms with Gasteiger partial charge in [-0.2, -0.15) is 11.3 Å². The standard InChI is InChI=1S/C12H10ClN3O3S/c13-10-4-8(16(18)19)3-9(11(10)14)12(17)15-5-7-1-2-20-6-7/h1-4,6H,5,14H2,(H,15,17). The van der Waals surface area contributed by atoms with Crippen molar-refractivity contribution in [3.8, 4) is 0 Å². The number of benzene rings is 1. The van der Waals surface area contributed by atoms with E-state index in [4.69, 9.17) is 17.3 Å². The summed E-state index contributed by atoms with van der Waals surface area (Å²) in [5.74, 6) is -0.501. The molecular weight excluding hydrogens is 302 g/mol. The van der Waals surface area contributed by atoms with Gasteiger partial charge in [-0.05, 0) is 22.4 Å². The maximum atomic E-state index is 12.0. The molecule has 2 aromatic rings. The fourth-order valence-corrected chi connectivity index (χ4v) is 2.45. The molecule has 1 amide bonds. The molecule has 1 aromatic heterocycles. The average molecular weight is 312 g/mol. The zero-order valence-corrected chi connectivity index (χ0v) is 11.7. The Hall–Kier alpha value is -2.12. The van der Waals surface area contributed by atoms with Crippen molar-refractivity contribution < 1.29 is 9.72 Å². The zero-order valence-electron chi connectivity index (χ0n) is 10.1. The largest absolute Gasteiger partial charge is 0.397 e. The van der Waals surface area contributed by atoms with Crippen molar-refractivity contribution in [3.63, 3.8) is 0 Å². The van der Waals surface area contributed by atoms with E-state index in [9.17, 15) is 14.9 Å². The van der Waals surface area contributed by atoms with Gasteiger partial charge in [-0.1, -0.05) is 11.6 Å². The number of nitrogen functional groups attached to an aromatic ring is 1. The highest BCUT2D eigenvalue weighted by Crippen LogP contribution is 2.28. The second kappa shape index (κ2) is 5.89. The molecule has 20 heavy (non-hydrogen) atoms. The lowest BCUT2D eigenvalue weighted by Gasteiger charge is -2.08.